The van der Waals surface area contributed by atoms with Crippen molar-refractivity contribution in [1.29, 1.82) is 0 Å². The van der Waals surface area contributed by atoms with Crippen LogP contribution in [0.2, 0.25) is 0 Å². The normalized spacial score (nSPS) is 11.9. The van der Waals surface area contributed by atoms with Gasteiger partial charge < -0.3 is 15.4 Å². The highest BCUT2D eigenvalue weighted by molar-refractivity contribution is 8.00. The number of amides is 2. The molecule has 0 radical (unpaired) electrons. The number of hydrogen-bond donors (Lipinski definition) is 2. The first-order valence-corrected chi connectivity index (χ1v) is 12.4. The average molecular weight is 537 g/mol. The van der Waals surface area contributed by atoms with E-state index in [-0.39, 0.29) is 18.2 Å². The third-order valence-electron chi connectivity index (χ3n) is 5.30. The Labute approximate surface area is 222 Å². The number of carbonyl (C=O) groups excluding carboxylic acids is 2. The van der Waals surface area contributed by atoms with Crippen LogP contribution >= 0.6 is 11.8 Å². The maximum atomic E-state index is 13.2. The molecule has 0 heterocycles. The Kier molecular flexibility index (Phi) is 8.70. The van der Waals surface area contributed by atoms with Gasteiger partial charge in [0.15, 0.2) is 6.61 Å². The van der Waals surface area contributed by atoms with Crippen molar-refractivity contribution in [2.75, 3.05) is 17.2 Å². The number of alkyl halides is 3. The minimum Gasteiger partial charge on any atom is -0.484 e. The van der Waals surface area contributed by atoms with Gasteiger partial charge in [-0.25, -0.2) is 0 Å². The first kappa shape index (κ1) is 26.8. The van der Waals surface area contributed by atoms with E-state index in [9.17, 15) is 22.8 Å². The lowest BCUT2D eigenvalue weighted by Crippen LogP contribution is -2.20. The predicted octanol–water partition coefficient (Wildman–Crippen LogP) is 7.20. The van der Waals surface area contributed by atoms with Crippen LogP contribution in [-0.4, -0.2) is 18.4 Å². The SMILES string of the molecule is O=C(COc1ccccc1)Nc1ccc(SC(C(=O)Nc2cccc(C(F)(F)F)c2)c2ccccc2)cc1. The molecule has 0 bridgehead atoms. The summed E-state index contributed by atoms with van der Waals surface area (Å²) in [6.07, 6.45) is -4.51. The second-order valence-electron chi connectivity index (χ2n) is 8.15. The highest BCUT2D eigenvalue weighted by atomic mass is 32.2. The molecule has 1 unspecified atom stereocenters. The lowest BCUT2D eigenvalue weighted by molar-refractivity contribution is -0.137. The van der Waals surface area contributed by atoms with Crippen LogP contribution in [0.1, 0.15) is 16.4 Å². The van der Waals surface area contributed by atoms with Gasteiger partial charge in [0.1, 0.15) is 11.0 Å². The highest BCUT2D eigenvalue weighted by Crippen LogP contribution is 2.37. The monoisotopic (exact) mass is 536 g/mol. The standard InChI is InChI=1S/C29H23F3N2O3S/c30-29(31,32)21-10-7-11-23(18-21)34-28(36)27(20-8-3-1-4-9-20)38-25-16-14-22(15-17-25)33-26(35)19-37-24-12-5-2-6-13-24/h1-18,27H,19H2,(H,33,35)(H,34,36). The highest BCUT2D eigenvalue weighted by Gasteiger charge is 2.31. The van der Waals surface area contributed by atoms with Crippen molar-refractivity contribution >= 4 is 35.0 Å². The lowest BCUT2D eigenvalue weighted by atomic mass is 10.1. The summed E-state index contributed by atoms with van der Waals surface area (Å²) in [5, 5.41) is 4.63. The molecule has 4 rings (SSSR count). The van der Waals surface area contributed by atoms with Crippen molar-refractivity contribution in [2.24, 2.45) is 0 Å². The minimum absolute atomic E-state index is 0.0575. The lowest BCUT2D eigenvalue weighted by Gasteiger charge is -2.18. The van der Waals surface area contributed by atoms with E-state index >= 15 is 0 Å². The smallest absolute Gasteiger partial charge is 0.416 e. The third-order valence-corrected chi connectivity index (χ3v) is 6.57. The van der Waals surface area contributed by atoms with Crippen molar-refractivity contribution < 1.29 is 27.5 Å². The summed E-state index contributed by atoms with van der Waals surface area (Å²) < 4.78 is 44.7. The quantitative estimate of drug-likeness (QED) is 0.222. The van der Waals surface area contributed by atoms with Crippen LogP contribution in [-0.2, 0) is 15.8 Å². The van der Waals surface area contributed by atoms with Gasteiger partial charge in [-0.15, -0.1) is 11.8 Å². The van der Waals surface area contributed by atoms with Crippen molar-refractivity contribution in [1.82, 2.24) is 0 Å². The molecule has 0 spiro atoms. The average Bonchev–Trinajstić information content (AvgIpc) is 2.92. The molecule has 0 aliphatic heterocycles. The molecule has 1 atom stereocenters. The fourth-order valence-electron chi connectivity index (χ4n) is 3.50. The Hall–Kier alpha value is -4.24. The van der Waals surface area contributed by atoms with Crippen LogP contribution in [0.3, 0.4) is 0 Å². The Bertz CT molecular complexity index is 1370. The van der Waals surface area contributed by atoms with E-state index in [2.05, 4.69) is 10.6 Å². The number of rotatable bonds is 9. The summed E-state index contributed by atoms with van der Waals surface area (Å²) in [4.78, 5) is 26.1. The van der Waals surface area contributed by atoms with Gasteiger partial charge in [-0.05, 0) is 60.2 Å². The second-order valence-corrected chi connectivity index (χ2v) is 9.33. The molecule has 0 saturated heterocycles. The van der Waals surface area contributed by atoms with Crippen LogP contribution in [0.25, 0.3) is 0 Å². The predicted molar refractivity (Wildman–Crippen MR) is 142 cm³/mol. The number of halogens is 3. The van der Waals surface area contributed by atoms with Gasteiger partial charge in [0, 0.05) is 16.3 Å². The first-order valence-electron chi connectivity index (χ1n) is 11.6. The van der Waals surface area contributed by atoms with E-state index in [1.807, 2.05) is 24.3 Å². The van der Waals surface area contributed by atoms with Crippen molar-refractivity contribution in [3.63, 3.8) is 0 Å². The van der Waals surface area contributed by atoms with Gasteiger partial charge in [-0.3, -0.25) is 9.59 Å². The van der Waals surface area contributed by atoms with Crippen LogP contribution in [0.5, 0.6) is 5.75 Å². The summed E-state index contributed by atoms with van der Waals surface area (Å²) in [6.45, 7) is -0.147. The zero-order chi connectivity index (χ0) is 27.0. The minimum atomic E-state index is -4.51. The van der Waals surface area contributed by atoms with E-state index < -0.39 is 22.9 Å². The Morgan fingerprint density at radius 3 is 2.08 bits per heavy atom. The van der Waals surface area contributed by atoms with E-state index in [1.165, 1.54) is 23.9 Å². The molecule has 5 nitrogen and oxygen atoms in total. The van der Waals surface area contributed by atoms with Gasteiger partial charge in [0.05, 0.1) is 5.56 Å². The first-order chi connectivity index (χ1) is 18.3. The molecule has 4 aromatic rings. The maximum Gasteiger partial charge on any atom is 0.416 e. The van der Waals surface area contributed by atoms with Crippen LogP contribution in [0.15, 0.2) is 114 Å². The summed E-state index contributed by atoms with van der Waals surface area (Å²) in [5.74, 6) is -0.197. The van der Waals surface area contributed by atoms with Crippen LogP contribution in [0.4, 0.5) is 24.5 Å². The van der Waals surface area contributed by atoms with Crippen LogP contribution in [0, 0.1) is 0 Å². The molecule has 0 aromatic heterocycles. The molecular formula is C29H23F3N2O3S. The zero-order valence-electron chi connectivity index (χ0n) is 19.9. The Balaban J connectivity index is 1.42. The van der Waals surface area contributed by atoms with Crippen molar-refractivity contribution in [2.45, 2.75) is 16.3 Å². The van der Waals surface area contributed by atoms with E-state index in [1.54, 1.807) is 60.7 Å². The molecule has 0 aliphatic rings. The molecule has 2 amide bonds. The van der Waals surface area contributed by atoms with E-state index in [0.29, 0.717) is 17.0 Å². The van der Waals surface area contributed by atoms with E-state index in [4.69, 9.17) is 4.74 Å². The van der Waals surface area contributed by atoms with Crippen LogP contribution < -0.4 is 15.4 Å². The number of carbonyl (C=O) groups is 2. The van der Waals surface area contributed by atoms with Gasteiger partial charge in [-0.2, -0.15) is 13.2 Å². The number of para-hydroxylation sites is 1. The number of thioether (sulfide) groups is 1. The number of anilines is 2. The summed E-state index contributed by atoms with van der Waals surface area (Å²) in [6, 6.07) is 29.4. The van der Waals surface area contributed by atoms with Crippen molar-refractivity contribution in [3.8, 4) is 5.75 Å². The van der Waals surface area contributed by atoms with E-state index in [0.717, 1.165) is 17.0 Å². The molecule has 0 saturated carbocycles. The zero-order valence-corrected chi connectivity index (χ0v) is 20.8. The molecule has 194 valence electrons. The number of ether oxygens (including phenoxy) is 1. The number of benzene rings is 4. The Morgan fingerprint density at radius 1 is 0.763 bits per heavy atom. The molecular weight excluding hydrogens is 513 g/mol. The maximum absolute atomic E-state index is 13.2. The van der Waals surface area contributed by atoms with Gasteiger partial charge in [-0.1, -0.05) is 54.6 Å². The fourth-order valence-corrected chi connectivity index (χ4v) is 4.52. The summed E-state index contributed by atoms with van der Waals surface area (Å²) >= 11 is 1.24. The summed E-state index contributed by atoms with van der Waals surface area (Å²) in [7, 11) is 0. The third kappa shape index (κ3) is 7.63. The van der Waals surface area contributed by atoms with Gasteiger partial charge in [0.25, 0.3) is 5.91 Å². The van der Waals surface area contributed by atoms with Crippen molar-refractivity contribution in [3.05, 3.63) is 120 Å². The topological polar surface area (TPSA) is 67.4 Å². The molecule has 0 aliphatic carbocycles. The molecule has 2 N–H and O–H groups in total. The summed E-state index contributed by atoms with van der Waals surface area (Å²) in [5.41, 5.74) is 0.464. The van der Waals surface area contributed by atoms with Gasteiger partial charge >= 0.3 is 6.18 Å². The fraction of sp³-hybridized carbons (Fsp3) is 0.103. The largest absolute Gasteiger partial charge is 0.484 e. The second kappa shape index (κ2) is 12.3. The molecule has 4 aromatic carbocycles. The molecule has 38 heavy (non-hydrogen) atoms. The molecule has 9 heteroatoms. The Morgan fingerprint density at radius 2 is 1.42 bits per heavy atom. The molecule has 0 fully saturated rings. The number of hydrogen-bond acceptors (Lipinski definition) is 4. The van der Waals surface area contributed by atoms with Gasteiger partial charge in [0.2, 0.25) is 5.91 Å². The number of nitrogens with one attached hydrogen (secondary N) is 2.